The molecule has 1 aromatic rings. The van der Waals surface area contributed by atoms with Crippen molar-refractivity contribution in [3.63, 3.8) is 0 Å². The predicted octanol–water partition coefficient (Wildman–Crippen LogP) is 2.19. The van der Waals surface area contributed by atoms with Crippen LogP contribution in [0.2, 0.25) is 0 Å². The van der Waals surface area contributed by atoms with Crippen LogP contribution >= 0.6 is 0 Å². The number of hydrogen-bond acceptors (Lipinski definition) is 4. The normalized spacial score (nSPS) is 21.6. The first-order valence-electron chi connectivity index (χ1n) is 7.06. The summed E-state index contributed by atoms with van der Waals surface area (Å²) >= 11 is 0. The van der Waals surface area contributed by atoms with Crippen LogP contribution in [0.25, 0.3) is 0 Å². The fourth-order valence-corrected chi connectivity index (χ4v) is 2.80. The average molecular weight is 277 g/mol. The standard InChI is InChI=1S/C15H23N3O2/c1-10(19)17-14-7-6-12(8-15(14)20-2)18-13-5-3-4-11(13)9-16/h6-8,11,13,18H,3-5,9,16H2,1-2H3,(H,17,19). The molecule has 0 aliphatic heterocycles. The van der Waals surface area contributed by atoms with Gasteiger partial charge in [-0.1, -0.05) is 6.42 Å². The summed E-state index contributed by atoms with van der Waals surface area (Å²) in [6.45, 7) is 2.20. The van der Waals surface area contributed by atoms with Crippen molar-refractivity contribution in [2.24, 2.45) is 11.7 Å². The molecule has 1 aliphatic carbocycles. The van der Waals surface area contributed by atoms with Crippen molar-refractivity contribution in [1.82, 2.24) is 0 Å². The summed E-state index contributed by atoms with van der Waals surface area (Å²) in [5.41, 5.74) is 7.49. The lowest BCUT2D eigenvalue weighted by Crippen LogP contribution is -2.29. The molecule has 110 valence electrons. The van der Waals surface area contributed by atoms with E-state index in [1.165, 1.54) is 19.8 Å². The van der Waals surface area contributed by atoms with Crippen molar-refractivity contribution >= 4 is 17.3 Å². The average Bonchev–Trinajstić information content (AvgIpc) is 2.87. The maximum atomic E-state index is 11.1. The highest BCUT2D eigenvalue weighted by atomic mass is 16.5. The van der Waals surface area contributed by atoms with Crippen molar-refractivity contribution in [2.75, 3.05) is 24.3 Å². The van der Waals surface area contributed by atoms with Gasteiger partial charge in [0, 0.05) is 24.7 Å². The smallest absolute Gasteiger partial charge is 0.221 e. The summed E-state index contributed by atoms with van der Waals surface area (Å²) in [6.07, 6.45) is 3.56. The Morgan fingerprint density at radius 2 is 2.25 bits per heavy atom. The van der Waals surface area contributed by atoms with E-state index in [-0.39, 0.29) is 5.91 Å². The maximum Gasteiger partial charge on any atom is 0.221 e. The number of anilines is 2. The second-order valence-electron chi connectivity index (χ2n) is 5.27. The third-order valence-electron chi connectivity index (χ3n) is 3.83. The third-order valence-corrected chi connectivity index (χ3v) is 3.83. The quantitative estimate of drug-likeness (QED) is 0.771. The van der Waals surface area contributed by atoms with E-state index in [4.69, 9.17) is 10.5 Å². The lowest BCUT2D eigenvalue weighted by atomic mass is 10.0. The Labute approximate surface area is 119 Å². The van der Waals surface area contributed by atoms with Crippen LogP contribution in [0.3, 0.4) is 0 Å². The van der Waals surface area contributed by atoms with Crippen molar-refractivity contribution in [3.8, 4) is 5.75 Å². The van der Waals surface area contributed by atoms with Gasteiger partial charge in [-0.05, 0) is 37.4 Å². The molecule has 0 spiro atoms. The predicted molar refractivity (Wildman–Crippen MR) is 81.1 cm³/mol. The lowest BCUT2D eigenvalue weighted by molar-refractivity contribution is -0.114. The maximum absolute atomic E-state index is 11.1. The van der Waals surface area contributed by atoms with E-state index in [0.29, 0.717) is 23.4 Å². The second kappa shape index (κ2) is 6.61. The molecular weight excluding hydrogens is 254 g/mol. The van der Waals surface area contributed by atoms with Gasteiger partial charge >= 0.3 is 0 Å². The topological polar surface area (TPSA) is 76.4 Å². The first-order valence-corrected chi connectivity index (χ1v) is 7.06. The van der Waals surface area contributed by atoms with E-state index >= 15 is 0 Å². The van der Waals surface area contributed by atoms with Crippen LogP contribution < -0.4 is 21.1 Å². The zero-order chi connectivity index (χ0) is 14.5. The second-order valence-corrected chi connectivity index (χ2v) is 5.27. The van der Waals surface area contributed by atoms with Gasteiger partial charge in [0.2, 0.25) is 5.91 Å². The molecule has 1 aliphatic rings. The van der Waals surface area contributed by atoms with Crippen LogP contribution in [0.15, 0.2) is 18.2 Å². The minimum Gasteiger partial charge on any atom is -0.494 e. The first kappa shape index (κ1) is 14.7. The van der Waals surface area contributed by atoms with E-state index in [1.54, 1.807) is 7.11 Å². The van der Waals surface area contributed by atoms with Crippen LogP contribution in [0.4, 0.5) is 11.4 Å². The largest absolute Gasteiger partial charge is 0.494 e. The summed E-state index contributed by atoms with van der Waals surface area (Å²) in [6, 6.07) is 6.16. The highest BCUT2D eigenvalue weighted by Gasteiger charge is 2.25. The molecule has 1 fully saturated rings. The van der Waals surface area contributed by atoms with E-state index < -0.39 is 0 Å². The van der Waals surface area contributed by atoms with Crippen molar-refractivity contribution in [3.05, 3.63) is 18.2 Å². The van der Waals surface area contributed by atoms with Crippen LogP contribution in [0, 0.1) is 5.92 Å². The van der Waals surface area contributed by atoms with Crippen LogP contribution in [-0.2, 0) is 4.79 Å². The number of carbonyl (C=O) groups is 1. The fraction of sp³-hybridized carbons (Fsp3) is 0.533. The zero-order valence-electron chi connectivity index (χ0n) is 12.1. The molecule has 4 N–H and O–H groups in total. The van der Waals surface area contributed by atoms with Crippen molar-refractivity contribution in [1.29, 1.82) is 0 Å². The Morgan fingerprint density at radius 1 is 1.45 bits per heavy atom. The summed E-state index contributed by atoms with van der Waals surface area (Å²) in [4.78, 5) is 11.1. The SMILES string of the molecule is COc1cc(NC2CCCC2CN)ccc1NC(C)=O. The monoisotopic (exact) mass is 277 g/mol. The van der Waals surface area contributed by atoms with Gasteiger partial charge in [0.05, 0.1) is 12.8 Å². The lowest BCUT2D eigenvalue weighted by Gasteiger charge is -2.21. The van der Waals surface area contributed by atoms with Crippen molar-refractivity contribution < 1.29 is 9.53 Å². The zero-order valence-corrected chi connectivity index (χ0v) is 12.1. The van der Waals surface area contributed by atoms with E-state index in [2.05, 4.69) is 10.6 Å². The highest BCUT2D eigenvalue weighted by molar-refractivity contribution is 5.90. The molecule has 1 amide bonds. The molecule has 1 aromatic carbocycles. The Bertz CT molecular complexity index is 476. The molecule has 5 heteroatoms. The van der Waals surface area contributed by atoms with Gasteiger partial charge in [0.25, 0.3) is 0 Å². The number of amides is 1. The molecule has 5 nitrogen and oxygen atoms in total. The third kappa shape index (κ3) is 3.42. The number of hydrogen-bond donors (Lipinski definition) is 3. The summed E-state index contributed by atoms with van der Waals surface area (Å²) in [7, 11) is 1.60. The minimum atomic E-state index is -0.108. The van der Waals surface area contributed by atoms with Gasteiger partial charge in [-0.3, -0.25) is 4.79 Å². The van der Waals surface area contributed by atoms with Gasteiger partial charge in [0.15, 0.2) is 0 Å². The van der Waals surface area contributed by atoms with Crippen LogP contribution in [0.1, 0.15) is 26.2 Å². The Balaban J connectivity index is 2.11. The Morgan fingerprint density at radius 3 is 2.90 bits per heavy atom. The molecule has 0 bridgehead atoms. The van der Waals surface area contributed by atoms with Gasteiger partial charge in [0.1, 0.15) is 5.75 Å². The Kier molecular flexibility index (Phi) is 4.84. The summed E-state index contributed by atoms with van der Waals surface area (Å²) in [5.74, 6) is 1.09. The number of methoxy groups -OCH3 is 1. The molecule has 0 aromatic heterocycles. The molecule has 2 atom stereocenters. The number of rotatable bonds is 5. The van der Waals surface area contributed by atoms with Crippen LogP contribution in [-0.4, -0.2) is 25.6 Å². The van der Waals surface area contributed by atoms with Gasteiger partial charge in [-0.25, -0.2) is 0 Å². The molecular formula is C15H23N3O2. The van der Waals surface area contributed by atoms with E-state index in [0.717, 1.165) is 18.7 Å². The molecule has 0 heterocycles. The Hall–Kier alpha value is -1.75. The molecule has 0 radical (unpaired) electrons. The van der Waals surface area contributed by atoms with Gasteiger partial charge in [-0.15, -0.1) is 0 Å². The number of carbonyl (C=O) groups excluding carboxylic acids is 1. The molecule has 2 rings (SSSR count). The molecule has 2 unspecified atom stereocenters. The number of nitrogens with two attached hydrogens (primary N) is 1. The molecule has 1 saturated carbocycles. The van der Waals surface area contributed by atoms with E-state index in [9.17, 15) is 4.79 Å². The summed E-state index contributed by atoms with van der Waals surface area (Å²) in [5, 5.41) is 6.28. The first-order chi connectivity index (χ1) is 9.63. The minimum absolute atomic E-state index is 0.108. The van der Waals surface area contributed by atoms with Gasteiger partial charge < -0.3 is 21.1 Å². The fourth-order valence-electron chi connectivity index (χ4n) is 2.80. The number of nitrogens with one attached hydrogen (secondary N) is 2. The molecule has 0 saturated heterocycles. The van der Waals surface area contributed by atoms with Crippen molar-refractivity contribution in [2.45, 2.75) is 32.2 Å². The highest BCUT2D eigenvalue weighted by Crippen LogP contribution is 2.32. The van der Waals surface area contributed by atoms with Gasteiger partial charge in [-0.2, -0.15) is 0 Å². The number of benzene rings is 1. The number of ether oxygens (including phenoxy) is 1. The molecule has 20 heavy (non-hydrogen) atoms. The summed E-state index contributed by atoms with van der Waals surface area (Å²) < 4.78 is 5.33. The van der Waals surface area contributed by atoms with E-state index in [1.807, 2.05) is 18.2 Å². The van der Waals surface area contributed by atoms with Crippen LogP contribution in [0.5, 0.6) is 5.75 Å².